The molecule has 1 aromatic rings. The Morgan fingerprint density at radius 3 is 2.08 bits per heavy atom. The lowest BCUT2D eigenvalue weighted by molar-refractivity contribution is -0.132. The monoisotopic (exact) mass is 551 g/mol. The maximum Gasteiger partial charge on any atom is 0.352 e. The standard InChI is InChI=1S/C33H49N3O4/c1-5-7-9-11-21-36(22-12-10-8-6-2)31-29(26-16-17-26)32(37)30(31)34-28(33(38)39)24-25-14-18-27(19-15-25)40-23-13-20-35(3)4/h14-15,18-19,24,34H,5-13,16-17,20-23H2,1-4H3,(H,38,39)/b28-24+. The van der Waals surface area contributed by atoms with Gasteiger partial charge in [-0.1, -0.05) is 70.1 Å². The van der Waals surface area contributed by atoms with Crippen molar-refractivity contribution in [3.63, 3.8) is 0 Å². The van der Waals surface area contributed by atoms with Crippen LogP contribution in [0.15, 0.2) is 52.5 Å². The van der Waals surface area contributed by atoms with Gasteiger partial charge in [-0.3, -0.25) is 4.79 Å². The second kappa shape index (κ2) is 16.3. The molecule has 1 saturated carbocycles. The van der Waals surface area contributed by atoms with Crippen molar-refractivity contribution in [1.29, 1.82) is 0 Å². The van der Waals surface area contributed by atoms with Gasteiger partial charge in [-0.05, 0) is 70.0 Å². The molecule has 0 bridgehead atoms. The van der Waals surface area contributed by atoms with Crippen molar-refractivity contribution in [2.45, 2.75) is 84.5 Å². The SMILES string of the molecule is CCCCCCN(CCCCCC)C1=C(N/C(=C/c2ccc(OCCCN(C)C)cc2)C(=O)O)C(=O)C1=C1CC1. The molecule has 0 spiro atoms. The molecule has 2 aliphatic rings. The predicted octanol–water partition coefficient (Wildman–Crippen LogP) is 6.38. The average molecular weight is 552 g/mol. The molecule has 7 heteroatoms. The zero-order valence-electron chi connectivity index (χ0n) is 25.1. The highest BCUT2D eigenvalue weighted by atomic mass is 16.5. The number of aliphatic carboxylic acids is 1. The number of ether oxygens (including phenoxy) is 1. The fourth-order valence-corrected chi connectivity index (χ4v) is 4.95. The number of hydrogen-bond acceptors (Lipinski definition) is 6. The molecule has 1 aromatic carbocycles. The molecule has 220 valence electrons. The highest BCUT2D eigenvalue weighted by molar-refractivity contribution is 6.20. The number of nitrogens with zero attached hydrogens (tertiary/aromatic N) is 2. The lowest BCUT2D eigenvalue weighted by atomic mass is 9.88. The van der Waals surface area contributed by atoms with Gasteiger partial charge < -0.3 is 25.0 Å². The second-order valence-electron chi connectivity index (χ2n) is 11.2. The van der Waals surface area contributed by atoms with Crippen molar-refractivity contribution in [1.82, 2.24) is 15.1 Å². The summed E-state index contributed by atoms with van der Waals surface area (Å²) < 4.78 is 5.80. The normalized spacial score (nSPS) is 15.0. The number of carboxylic acids is 1. The van der Waals surface area contributed by atoms with Crippen molar-refractivity contribution in [3.05, 3.63) is 58.1 Å². The van der Waals surface area contributed by atoms with E-state index in [9.17, 15) is 14.7 Å². The van der Waals surface area contributed by atoms with Crippen LogP contribution in [-0.4, -0.2) is 67.0 Å². The number of ketones is 1. The zero-order chi connectivity index (χ0) is 28.9. The van der Waals surface area contributed by atoms with Crippen molar-refractivity contribution < 1.29 is 19.4 Å². The molecule has 40 heavy (non-hydrogen) atoms. The minimum atomic E-state index is -1.09. The molecule has 0 aliphatic heterocycles. The van der Waals surface area contributed by atoms with Crippen LogP contribution in [0.2, 0.25) is 0 Å². The number of nitrogens with one attached hydrogen (secondary N) is 1. The average Bonchev–Trinajstić information content (AvgIpc) is 3.76. The first-order chi connectivity index (χ1) is 19.3. The summed E-state index contributed by atoms with van der Waals surface area (Å²) in [5.74, 6) is -0.390. The van der Waals surface area contributed by atoms with Crippen LogP contribution >= 0.6 is 0 Å². The number of carbonyl (C=O) groups is 2. The van der Waals surface area contributed by atoms with E-state index in [1.54, 1.807) is 6.08 Å². The summed E-state index contributed by atoms with van der Waals surface area (Å²) in [5.41, 5.74) is 4.12. The largest absolute Gasteiger partial charge is 0.494 e. The van der Waals surface area contributed by atoms with Gasteiger partial charge in [-0.2, -0.15) is 0 Å². The second-order valence-corrected chi connectivity index (χ2v) is 11.2. The van der Waals surface area contributed by atoms with Crippen LogP contribution in [0.25, 0.3) is 6.08 Å². The topological polar surface area (TPSA) is 82.1 Å². The van der Waals surface area contributed by atoms with E-state index >= 15 is 0 Å². The molecule has 2 N–H and O–H groups in total. The first-order valence-electron chi connectivity index (χ1n) is 15.2. The maximum absolute atomic E-state index is 13.3. The minimum Gasteiger partial charge on any atom is -0.494 e. The van der Waals surface area contributed by atoms with E-state index in [-0.39, 0.29) is 11.5 Å². The summed E-state index contributed by atoms with van der Waals surface area (Å²) in [7, 11) is 4.07. The molecule has 0 heterocycles. The maximum atomic E-state index is 13.3. The summed E-state index contributed by atoms with van der Waals surface area (Å²) >= 11 is 0. The fraction of sp³-hybridized carbons (Fsp3) is 0.576. The smallest absolute Gasteiger partial charge is 0.352 e. The summed E-state index contributed by atoms with van der Waals surface area (Å²) in [4.78, 5) is 30.0. The van der Waals surface area contributed by atoms with Crippen LogP contribution in [0, 0.1) is 0 Å². The van der Waals surface area contributed by atoms with E-state index in [4.69, 9.17) is 4.74 Å². The Morgan fingerprint density at radius 2 is 1.55 bits per heavy atom. The van der Waals surface area contributed by atoms with Gasteiger partial charge >= 0.3 is 5.97 Å². The van der Waals surface area contributed by atoms with E-state index in [1.807, 2.05) is 38.4 Å². The van der Waals surface area contributed by atoms with Crippen molar-refractivity contribution in [2.24, 2.45) is 0 Å². The number of hydrogen-bond donors (Lipinski definition) is 2. The van der Waals surface area contributed by atoms with Crippen molar-refractivity contribution in [2.75, 3.05) is 40.3 Å². The van der Waals surface area contributed by atoms with Crippen LogP contribution in [-0.2, 0) is 9.59 Å². The third-order valence-electron chi connectivity index (χ3n) is 7.36. The van der Waals surface area contributed by atoms with E-state index in [0.717, 1.165) is 87.2 Å². The first kappa shape index (κ1) is 31.5. The number of rotatable bonds is 20. The molecule has 0 aromatic heterocycles. The predicted molar refractivity (Wildman–Crippen MR) is 162 cm³/mol. The molecular formula is C33H49N3O4. The molecule has 0 radical (unpaired) electrons. The Labute approximate surface area is 241 Å². The van der Waals surface area contributed by atoms with Crippen LogP contribution < -0.4 is 10.1 Å². The van der Waals surface area contributed by atoms with Crippen LogP contribution in [0.1, 0.15) is 90.0 Å². The molecule has 0 atom stereocenters. The van der Waals surface area contributed by atoms with Crippen LogP contribution in [0.3, 0.4) is 0 Å². The number of Topliss-reactive ketones (excluding diaryl/α,β-unsaturated/α-hetero) is 1. The highest BCUT2D eigenvalue weighted by Gasteiger charge is 2.42. The molecule has 0 amide bonds. The Hall–Kier alpha value is -3.06. The first-order valence-corrected chi connectivity index (χ1v) is 15.2. The van der Waals surface area contributed by atoms with Gasteiger partial charge in [-0.15, -0.1) is 0 Å². The summed E-state index contributed by atoms with van der Waals surface area (Å²) in [5, 5.41) is 13.1. The number of carboxylic acid groups (broad SMARTS) is 1. The quantitative estimate of drug-likeness (QED) is 0.144. The summed E-state index contributed by atoms with van der Waals surface area (Å²) in [6.45, 7) is 7.77. The highest BCUT2D eigenvalue weighted by Crippen LogP contribution is 2.43. The van der Waals surface area contributed by atoms with E-state index < -0.39 is 5.97 Å². The molecule has 0 saturated heterocycles. The molecule has 2 aliphatic carbocycles. The third-order valence-corrected chi connectivity index (χ3v) is 7.36. The Kier molecular flexibility index (Phi) is 12.8. The third kappa shape index (κ3) is 9.54. The number of benzene rings is 1. The lowest BCUT2D eigenvalue weighted by Crippen LogP contribution is -2.42. The van der Waals surface area contributed by atoms with Gasteiger partial charge in [-0.25, -0.2) is 4.79 Å². The Morgan fingerprint density at radius 1 is 0.925 bits per heavy atom. The van der Waals surface area contributed by atoms with E-state index in [0.29, 0.717) is 12.3 Å². The molecule has 3 rings (SSSR count). The Balaban J connectivity index is 1.79. The summed E-state index contributed by atoms with van der Waals surface area (Å²) in [6.07, 6.45) is 13.7. The minimum absolute atomic E-state index is 0.00253. The molecule has 7 nitrogen and oxygen atoms in total. The van der Waals surface area contributed by atoms with Gasteiger partial charge in [0.15, 0.2) is 0 Å². The Bertz CT molecular complexity index is 1070. The molecular weight excluding hydrogens is 502 g/mol. The van der Waals surface area contributed by atoms with Gasteiger partial charge in [0.25, 0.3) is 0 Å². The van der Waals surface area contributed by atoms with Crippen molar-refractivity contribution >= 4 is 17.8 Å². The van der Waals surface area contributed by atoms with Gasteiger partial charge in [0.1, 0.15) is 17.1 Å². The molecule has 1 fully saturated rings. The molecule has 0 unspecified atom stereocenters. The van der Waals surface area contributed by atoms with Gasteiger partial charge in [0.05, 0.1) is 12.3 Å². The number of carbonyl (C=O) groups excluding carboxylic acids is 1. The van der Waals surface area contributed by atoms with E-state index in [1.165, 1.54) is 31.3 Å². The van der Waals surface area contributed by atoms with Gasteiger partial charge in [0, 0.05) is 25.2 Å². The lowest BCUT2D eigenvalue weighted by Gasteiger charge is -2.37. The van der Waals surface area contributed by atoms with Gasteiger partial charge in [0.2, 0.25) is 5.78 Å². The van der Waals surface area contributed by atoms with Crippen LogP contribution in [0.5, 0.6) is 5.75 Å². The number of allylic oxidation sites excluding steroid dienone is 3. The van der Waals surface area contributed by atoms with Crippen molar-refractivity contribution in [3.8, 4) is 5.75 Å². The van der Waals surface area contributed by atoms with E-state index in [2.05, 4.69) is 29.0 Å². The number of unbranched alkanes of at least 4 members (excludes halogenated alkanes) is 6. The summed E-state index contributed by atoms with van der Waals surface area (Å²) in [6, 6.07) is 7.39. The zero-order valence-corrected chi connectivity index (χ0v) is 25.1. The van der Waals surface area contributed by atoms with Crippen LogP contribution in [0.4, 0.5) is 0 Å². The fourth-order valence-electron chi connectivity index (χ4n) is 4.95.